The van der Waals surface area contributed by atoms with Crippen LogP contribution in [0.4, 0.5) is 0 Å². The van der Waals surface area contributed by atoms with Crippen molar-refractivity contribution in [2.45, 2.75) is 31.1 Å². The minimum absolute atomic E-state index is 0.0131. The normalized spacial score (nSPS) is 26.9. The Morgan fingerprint density at radius 1 is 0.974 bits per heavy atom. The molecular formula is C33H33NO4. The molecule has 194 valence electrons. The van der Waals surface area contributed by atoms with Gasteiger partial charge in [0.25, 0.3) is 5.91 Å². The van der Waals surface area contributed by atoms with Crippen molar-refractivity contribution in [2.24, 2.45) is 11.3 Å². The van der Waals surface area contributed by atoms with Crippen LogP contribution in [0.5, 0.6) is 5.75 Å². The van der Waals surface area contributed by atoms with Gasteiger partial charge < -0.3 is 14.4 Å². The van der Waals surface area contributed by atoms with Gasteiger partial charge in [0.1, 0.15) is 5.75 Å². The number of rotatable bonds is 5. The van der Waals surface area contributed by atoms with Gasteiger partial charge in [-0.2, -0.15) is 0 Å². The number of fused-ring (bicyclic) bond motifs is 1. The first-order valence-corrected chi connectivity index (χ1v) is 13.2. The summed E-state index contributed by atoms with van der Waals surface area (Å²) in [5, 5.41) is 0. The molecule has 1 saturated heterocycles. The van der Waals surface area contributed by atoms with Crippen LogP contribution in [0.25, 0.3) is 5.57 Å². The molecule has 0 spiro atoms. The second-order valence-corrected chi connectivity index (χ2v) is 11.0. The van der Waals surface area contributed by atoms with Crippen molar-refractivity contribution in [3.63, 3.8) is 0 Å². The fourth-order valence-corrected chi connectivity index (χ4v) is 7.83. The van der Waals surface area contributed by atoms with E-state index in [2.05, 4.69) is 62.0 Å². The zero-order valence-electron chi connectivity index (χ0n) is 22.2. The second-order valence-electron chi connectivity index (χ2n) is 11.0. The molecule has 5 heteroatoms. The highest BCUT2D eigenvalue weighted by atomic mass is 16.5. The fourth-order valence-electron chi connectivity index (χ4n) is 7.83. The molecule has 1 amide bonds. The molecule has 3 aliphatic carbocycles. The molecule has 1 saturated carbocycles. The molecule has 4 unspecified atom stereocenters. The molecule has 0 N–H and O–H groups in total. The van der Waals surface area contributed by atoms with Crippen LogP contribution in [-0.2, 0) is 19.7 Å². The number of para-hydroxylation sites is 1. The lowest BCUT2D eigenvalue weighted by Crippen LogP contribution is -2.60. The Bertz CT molecular complexity index is 1440. The highest BCUT2D eigenvalue weighted by Gasteiger charge is 2.71. The third-order valence-electron chi connectivity index (χ3n) is 9.45. The molecule has 3 aromatic rings. The molecule has 1 aliphatic heterocycles. The predicted octanol–water partition coefficient (Wildman–Crippen LogP) is 5.51. The molecule has 7 rings (SSSR count). The molecule has 38 heavy (non-hydrogen) atoms. The molecule has 2 bridgehead atoms. The summed E-state index contributed by atoms with van der Waals surface area (Å²) >= 11 is 0. The van der Waals surface area contributed by atoms with Gasteiger partial charge >= 0.3 is 5.97 Å². The van der Waals surface area contributed by atoms with E-state index >= 15 is 0 Å². The van der Waals surface area contributed by atoms with E-state index in [1.165, 1.54) is 29.4 Å². The van der Waals surface area contributed by atoms with Crippen LogP contribution in [0.1, 0.15) is 46.6 Å². The lowest BCUT2D eigenvalue weighted by atomic mass is 9.42. The standard InChI is InChI=1S/C33H33NO4/c1-21-13-15-23(16-14-21)32-18-17-27(25-10-5-7-11-26(25)32)33(31(36)38-4)20-34(19-29(32)33)30(35)22(2)24-9-6-8-12-28(24)37-3/h5-16,27,29H,2,17-20H2,1,3-4H3. The van der Waals surface area contributed by atoms with Crippen molar-refractivity contribution in [3.05, 3.63) is 107 Å². The molecule has 4 atom stereocenters. The zero-order chi connectivity index (χ0) is 26.7. The number of aryl methyl sites for hydroxylation is 1. The number of nitrogens with zero attached hydrogens (tertiary/aromatic N) is 1. The maximum atomic E-state index is 14.0. The van der Waals surface area contributed by atoms with Gasteiger partial charge in [-0.05, 0) is 42.5 Å². The van der Waals surface area contributed by atoms with Crippen LogP contribution in [0, 0.1) is 18.3 Å². The number of esters is 1. The SMILES string of the molecule is C=C(C(=O)N1CC2C3(c4ccc(C)cc4)CCC(c4ccccc43)C2(C(=O)OC)C1)c1ccccc1OC. The van der Waals surface area contributed by atoms with Gasteiger partial charge in [-0.25, -0.2) is 0 Å². The second kappa shape index (κ2) is 8.87. The molecule has 0 radical (unpaired) electrons. The Labute approximate surface area is 224 Å². The quantitative estimate of drug-likeness (QED) is 0.338. The topological polar surface area (TPSA) is 55.8 Å². The van der Waals surface area contributed by atoms with Crippen molar-refractivity contribution in [1.82, 2.24) is 4.90 Å². The lowest BCUT2D eigenvalue weighted by molar-refractivity contribution is -0.161. The van der Waals surface area contributed by atoms with Crippen molar-refractivity contribution >= 4 is 17.4 Å². The summed E-state index contributed by atoms with van der Waals surface area (Å²) in [6.45, 7) is 7.03. The van der Waals surface area contributed by atoms with E-state index in [0.717, 1.165) is 12.8 Å². The maximum absolute atomic E-state index is 14.0. The maximum Gasteiger partial charge on any atom is 0.314 e. The molecule has 4 aliphatic rings. The summed E-state index contributed by atoms with van der Waals surface area (Å²) < 4.78 is 11.1. The number of methoxy groups -OCH3 is 2. The number of hydrogen-bond acceptors (Lipinski definition) is 4. The van der Waals surface area contributed by atoms with Crippen molar-refractivity contribution in [1.29, 1.82) is 0 Å². The van der Waals surface area contributed by atoms with Gasteiger partial charge in [0, 0.05) is 41.5 Å². The summed E-state index contributed by atoms with van der Waals surface area (Å²) in [6, 6.07) is 24.7. The van der Waals surface area contributed by atoms with E-state index in [0.29, 0.717) is 30.0 Å². The van der Waals surface area contributed by atoms with Gasteiger partial charge in [-0.1, -0.05) is 78.9 Å². The Morgan fingerprint density at radius 3 is 2.42 bits per heavy atom. The average molecular weight is 508 g/mol. The third kappa shape index (κ3) is 3.17. The summed E-state index contributed by atoms with van der Waals surface area (Å²) in [4.78, 5) is 29.8. The van der Waals surface area contributed by atoms with E-state index < -0.39 is 10.8 Å². The van der Waals surface area contributed by atoms with Crippen LogP contribution in [0.3, 0.4) is 0 Å². The van der Waals surface area contributed by atoms with E-state index in [9.17, 15) is 9.59 Å². The van der Waals surface area contributed by atoms with E-state index in [-0.39, 0.29) is 23.7 Å². The molecule has 5 nitrogen and oxygen atoms in total. The smallest absolute Gasteiger partial charge is 0.314 e. The van der Waals surface area contributed by atoms with Gasteiger partial charge in [0.05, 0.1) is 19.6 Å². The van der Waals surface area contributed by atoms with Crippen molar-refractivity contribution in [3.8, 4) is 5.75 Å². The zero-order valence-corrected chi connectivity index (χ0v) is 22.2. The van der Waals surface area contributed by atoms with Crippen molar-refractivity contribution in [2.75, 3.05) is 27.3 Å². The van der Waals surface area contributed by atoms with E-state index in [1.54, 1.807) is 7.11 Å². The summed E-state index contributed by atoms with van der Waals surface area (Å²) in [6.07, 6.45) is 1.79. The van der Waals surface area contributed by atoms with Gasteiger partial charge in [0.15, 0.2) is 0 Å². The Morgan fingerprint density at radius 2 is 1.68 bits per heavy atom. The van der Waals surface area contributed by atoms with Gasteiger partial charge in [-0.15, -0.1) is 0 Å². The van der Waals surface area contributed by atoms with E-state index in [1.807, 2.05) is 29.2 Å². The highest BCUT2D eigenvalue weighted by Crippen LogP contribution is 2.69. The summed E-state index contributed by atoms with van der Waals surface area (Å²) in [5.41, 5.74) is 4.69. The molecule has 1 heterocycles. The van der Waals surface area contributed by atoms with Crippen LogP contribution in [-0.4, -0.2) is 44.1 Å². The Hall–Kier alpha value is -3.86. The van der Waals surface area contributed by atoms with Crippen LogP contribution in [0.15, 0.2) is 79.4 Å². The number of amides is 1. The molecule has 0 aromatic heterocycles. The lowest BCUT2D eigenvalue weighted by Gasteiger charge is -2.59. The van der Waals surface area contributed by atoms with Crippen molar-refractivity contribution < 1.29 is 19.1 Å². The Balaban J connectivity index is 1.51. The largest absolute Gasteiger partial charge is 0.496 e. The number of likely N-dealkylation sites (tertiary alicyclic amines) is 1. The van der Waals surface area contributed by atoms with Crippen LogP contribution >= 0.6 is 0 Å². The first kappa shape index (κ1) is 24.5. The fraction of sp³-hybridized carbons (Fsp3) is 0.333. The monoisotopic (exact) mass is 507 g/mol. The first-order chi connectivity index (χ1) is 18.4. The predicted molar refractivity (Wildman–Crippen MR) is 147 cm³/mol. The number of carbonyl (C=O) groups is 2. The first-order valence-electron chi connectivity index (χ1n) is 13.2. The van der Waals surface area contributed by atoms with Crippen LogP contribution < -0.4 is 4.74 Å². The molecule has 2 fully saturated rings. The summed E-state index contributed by atoms with van der Waals surface area (Å²) in [5.74, 6) is 0.0776. The minimum Gasteiger partial charge on any atom is -0.496 e. The average Bonchev–Trinajstić information content (AvgIpc) is 3.40. The number of hydrogen-bond donors (Lipinski definition) is 0. The van der Waals surface area contributed by atoms with E-state index in [4.69, 9.17) is 9.47 Å². The third-order valence-corrected chi connectivity index (χ3v) is 9.45. The minimum atomic E-state index is -0.830. The van der Waals surface area contributed by atoms with Gasteiger partial charge in [-0.3, -0.25) is 9.59 Å². The highest BCUT2D eigenvalue weighted by molar-refractivity contribution is 6.19. The Kier molecular flexibility index (Phi) is 5.71. The number of ether oxygens (including phenoxy) is 2. The number of carbonyl (C=O) groups excluding carboxylic acids is 2. The number of benzene rings is 3. The van der Waals surface area contributed by atoms with Crippen LogP contribution in [0.2, 0.25) is 0 Å². The summed E-state index contributed by atoms with van der Waals surface area (Å²) in [7, 11) is 3.06. The van der Waals surface area contributed by atoms with Gasteiger partial charge in [0.2, 0.25) is 0 Å². The molecule has 3 aromatic carbocycles. The molecular weight excluding hydrogens is 474 g/mol.